The molecule has 1 aliphatic rings. The van der Waals surface area contributed by atoms with Crippen LogP contribution < -0.4 is 10.1 Å². The Morgan fingerprint density at radius 2 is 2.09 bits per heavy atom. The van der Waals surface area contributed by atoms with Gasteiger partial charge >= 0.3 is 0 Å². The molecule has 1 heterocycles. The van der Waals surface area contributed by atoms with Crippen LogP contribution >= 0.6 is 0 Å². The van der Waals surface area contributed by atoms with Crippen molar-refractivity contribution >= 4 is 11.8 Å². The Morgan fingerprint density at radius 3 is 2.77 bits per heavy atom. The first-order valence-corrected chi connectivity index (χ1v) is 7.40. The summed E-state index contributed by atoms with van der Waals surface area (Å²) in [5.41, 5.74) is 1.45. The zero-order valence-corrected chi connectivity index (χ0v) is 13.1. The van der Waals surface area contributed by atoms with E-state index in [4.69, 9.17) is 4.74 Å². The summed E-state index contributed by atoms with van der Waals surface area (Å²) in [6, 6.07) is 7.25. The number of amides is 2. The highest BCUT2D eigenvalue weighted by Crippen LogP contribution is 2.22. The highest BCUT2D eigenvalue weighted by molar-refractivity contribution is 5.97. The number of hydrogen-bond donors (Lipinski definition) is 1. The van der Waals surface area contributed by atoms with E-state index in [-0.39, 0.29) is 17.9 Å². The van der Waals surface area contributed by atoms with Crippen molar-refractivity contribution in [1.29, 1.82) is 0 Å². The van der Waals surface area contributed by atoms with Gasteiger partial charge in [-0.25, -0.2) is 0 Å². The predicted octanol–water partition coefficient (Wildman–Crippen LogP) is 1.99. The lowest BCUT2D eigenvalue weighted by atomic mass is 10.1. The van der Waals surface area contributed by atoms with E-state index in [2.05, 4.69) is 11.9 Å². The predicted molar refractivity (Wildman–Crippen MR) is 84.9 cm³/mol. The van der Waals surface area contributed by atoms with Gasteiger partial charge < -0.3 is 15.0 Å². The highest BCUT2D eigenvalue weighted by atomic mass is 16.5. The van der Waals surface area contributed by atoms with Gasteiger partial charge in [0.2, 0.25) is 5.91 Å². The fraction of sp³-hybridized carbons (Fsp3) is 0.412. The van der Waals surface area contributed by atoms with Crippen LogP contribution in [0, 0.1) is 0 Å². The summed E-state index contributed by atoms with van der Waals surface area (Å²) in [7, 11) is 0. The summed E-state index contributed by atoms with van der Waals surface area (Å²) in [6.07, 6.45) is 0.778. The molecule has 5 nitrogen and oxygen atoms in total. The van der Waals surface area contributed by atoms with E-state index >= 15 is 0 Å². The molecular formula is C17H22N2O3. The quantitative estimate of drug-likeness (QED) is 0.846. The number of nitrogens with zero attached hydrogens (tertiary/aromatic N) is 1. The Kier molecular flexibility index (Phi) is 5.20. The zero-order valence-electron chi connectivity index (χ0n) is 13.1. The van der Waals surface area contributed by atoms with E-state index in [0.717, 1.165) is 12.0 Å². The van der Waals surface area contributed by atoms with Crippen LogP contribution in [-0.2, 0) is 4.79 Å². The van der Waals surface area contributed by atoms with Crippen molar-refractivity contribution in [3.05, 3.63) is 42.0 Å². The SMILES string of the molecule is C=C(C)COc1ccccc1C(=O)N1CC[C@H](NC(C)=O)C1. The second kappa shape index (κ2) is 7.11. The summed E-state index contributed by atoms with van der Waals surface area (Å²) in [4.78, 5) is 25.5. The molecular weight excluding hydrogens is 280 g/mol. The second-order valence-electron chi connectivity index (χ2n) is 5.68. The maximum absolute atomic E-state index is 12.7. The lowest BCUT2D eigenvalue weighted by Crippen LogP contribution is -2.37. The van der Waals surface area contributed by atoms with Gasteiger partial charge in [0.05, 0.1) is 5.56 Å². The number of benzene rings is 1. The van der Waals surface area contributed by atoms with E-state index in [1.165, 1.54) is 6.92 Å². The third kappa shape index (κ3) is 4.10. The van der Waals surface area contributed by atoms with Crippen LogP contribution in [0.1, 0.15) is 30.6 Å². The van der Waals surface area contributed by atoms with Crippen LogP contribution in [0.15, 0.2) is 36.4 Å². The van der Waals surface area contributed by atoms with Gasteiger partial charge in [0.1, 0.15) is 12.4 Å². The largest absolute Gasteiger partial charge is 0.488 e. The molecule has 0 spiro atoms. The molecule has 2 amide bonds. The monoisotopic (exact) mass is 302 g/mol. The molecule has 2 rings (SSSR count). The number of rotatable bonds is 5. The van der Waals surface area contributed by atoms with Gasteiger partial charge in [-0.2, -0.15) is 0 Å². The maximum atomic E-state index is 12.7. The van der Waals surface area contributed by atoms with Crippen molar-refractivity contribution in [2.24, 2.45) is 0 Å². The van der Waals surface area contributed by atoms with Crippen LogP contribution in [0.3, 0.4) is 0 Å². The zero-order chi connectivity index (χ0) is 16.1. The minimum Gasteiger partial charge on any atom is -0.488 e. The fourth-order valence-electron chi connectivity index (χ4n) is 2.49. The van der Waals surface area contributed by atoms with Crippen molar-refractivity contribution in [2.45, 2.75) is 26.3 Å². The minimum atomic E-state index is -0.0653. The maximum Gasteiger partial charge on any atom is 0.257 e. The topological polar surface area (TPSA) is 58.6 Å². The Bertz CT molecular complexity index is 583. The van der Waals surface area contributed by atoms with Crippen LogP contribution in [0.2, 0.25) is 0 Å². The third-order valence-corrected chi connectivity index (χ3v) is 3.47. The third-order valence-electron chi connectivity index (χ3n) is 3.47. The first kappa shape index (κ1) is 16.1. The van der Waals surface area contributed by atoms with E-state index in [0.29, 0.717) is 31.0 Å². The molecule has 1 N–H and O–H groups in total. The molecule has 1 atom stereocenters. The molecule has 22 heavy (non-hydrogen) atoms. The number of hydrogen-bond acceptors (Lipinski definition) is 3. The number of ether oxygens (including phenoxy) is 1. The Labute approximate surface area is 130 Å². The summed E-state index contributed by atoms with van der Waals surface area (Å²) in [5, 5.41) is 2.86. The van der Waals surface area contributed by atoms with Crippen molar-refractivity contribution in [3.63, 3.8) is 0 Å². The summed E-state index contributed by atoms with van der Waals surface area (Å²) in [6.45, 7) is 8.73. The molecule has 0 unspecified atom stereocenters. The van der Waals surface area contributed by atoms with Gasteiger partial charge in [-0.05, 0) is 31.1 Å². The molecule has 0 saturated carbocycles. The van der Waals surface area contributed by atoms with Gasteiger partial charge in [-0.15, -0.1) is 0 Å². The van der Waals surface area contributed by atoms with Gasteiger partial charge in [-0.3, -0.25) is 9.59 Å². The van der Waals surface area contributed by atoms with Crippen molar-refractivity contribution < 1.29 is 14.3 Å². The molecule has 118 valence electrons. The van der Waals surface area contributed by atoms with Crippen LogP contribution in [-0.4, -0.2) is 42.5 Å². The molecule has 1 fully saturated rings. The van der Waals surface area contributed by atoms with Gasteiger partial charge in [0.25, 0.3) is 5.91 Å². The number of nitrogens with one attached hydrogen (secondary N) is 1. The second-order valence-corrected chi connectivity index (χ2v) is 5.68. The molecule has 0 aliphatic carbocycles. The van der Waals surface area contributed by atoms with Crippen LogP contribution in [0.25, 0.3) is 0 Å². The Morgan fingerprint density at radius 1 is 1.36 bits per heavy atom. The van der Waals surface area contributed by atoms with Gasteiger partial charge in [-0.1, -0.05) is 18.7 Å². The smallest absolute Gasteiger partial charge is 0.257 e. The molecule has 1 saturated heterocycles. The number of carbonyl (C=O) groups is 2. The average Bonchev–Trinajstić information content (AvgIpc) is 2.92. The summed E-state index contributed by atoms with van der Waals surface area (Å²) in [5.74, 6) is 0.438. The van der Waals surface area contributed by atoms with Crippen LogP contribution in [0.5, 0.6) is 5.75 Å². The number of para-hydroxylation sites is 1. The molecule has 1 aromatic carbocycles. The summed E-state index contributed by atoms with van der Waals surface area (Å²) < 4.78 is 5.65. The van der Waals surface area contributed by atoms with Gasteiger partial charge in [0.15, 0.2) is 0 Å². The first-order valence-electron chi connectivity index (χ1n) is 7.40. The molecule has 5 heteroatoms. The van der Waals surface area contributed by atoms with Crippen molar-refractivity contribution in [3.8, 4) is 5.75 Å². The lowest BCUT2D eigenvalue weighted by Gasteiger charge is -2.19. The fourth-order valence-corrected chi connectivity index (χ4v) is 2.49. The molecule has 1 aliphatic heterocycles. The average molecular weight is 302 g/mol. The van der Waals surface area contributed by atoms with E-state index < -0.39 is 0 Å². The van der Waals surface area contributed by atoms with E-state index in [9.17, 15) is 9.59 Å². The van der Waals surface area contributed by atoms with Crippen molar-refractivity contribution in [1.82, 2.24) is 10.2 Å². The lowest BCUT2D eigenvalue weighted by molar-refractivity contribution is -0.119. The molecule has 1 aromatic rings. The number of carbonyl (C=O) groups excluding carboxylic acids is 2. The van der Waals surface area contributed by atoms with Crippen molar-refractivity contribution in [2.75, 3.05) is 19.7 Å². The van der Waals surface area contributed by atoms with Crippen LogP contribution in [0.4, 0.5) is 0 Å². The number of likely N-dealkylation sites (tertiary alicyclic amines) is 1. The summed E-state index contributed by atoms with van der Waals surface area (Å²) >= 11 is 0. The Hall–Kier alpha value is -2.30. The standard InChI is InChI=1S/C17H22N2O3/c1-12(2)11-22-16-7-5-4-6-15(16)17(21)19-9-8-14(10-19)18-13(3)20/h4-7,14H,1,8-11H2,2-3H3,(H,18,20)/t14-/m0/s1. The molecule has 0 aromatic heterocycles. The molecule has 0 radical (unpaired) electrons. The van der Waals surface area contributed by atoms with Gasteiger partial charge in [0, 0.05) is 26.1 Å². The Balaban J connectivity index is 2.06. The molecule has 0 bridgehead atoms. The first-order chi connectivity index (χ1) is 10.5. The van der Waals surface area contributed by atoms with E-state index in [1.54, 1.807) is 17.0 Å². The normalized spacial score (nSPS) is 17.2. The van der Waals surface area contributed by atoms with E-state index in [1.807, 2.05) is 19.1 Å². The highest BCUT2D eigenvalue weighted by Gasteiger charge is 2.28. The minimum absolute atomic E-state index is 0.0324.